The summed E-state index contributed by atoms with van der Waals surface area (Å²) in [4.78, 5) is 12.4. The van der Waals surface area contributed by atoms with Gasteiger partial charge in [-0.05, 0) is 0 Å². The van der Waals surface area contributed by atoms with E-state index in [9.17, 15) is 5.11 Å². The van der Waals surface area contributed by atoms with Crippen LogP contribution in [-0.2, 0) is 10.9 Å². The number of nitrogens with two attached hydrogens (primary N) is 1. The highest BCUT2D eigenvalue weighted by Gasteiger charge is 2.57. The van der Waals surface area contributed by atoms with Crippen molar-refractivity contribution in [1.29, 1.82) is 0 Å². The Labute approximate surface area is 166 Å². The molecule has 3 rings (SSSR count). The van der Waals surface area contributed by atoms with Crippen molar-refractivity contribution in [1.82, 2.24) is 19.5 Å². The Morgan fingerprint density at radius 3 is 2.92 bits per heavy atom. The van der Waals surface area contributed by atoms with E-state index in [0.29, 0.717) is 11.2 Å². The average molecular weight is 559 g/mol. The molecule has 1 fully saturated rings. The molecule has 130 valence electrons. The molecule has 0 amide bonds. The van der Waals surface area contributed by atoms with Gasteiger partial charge in [-0.25, -0.2) is 15.0 Å². The maximum atomic E-state index is 11.3. The van der Waals surface area contributed by atoms with E-state index < -0.39 is 24.0 Å². The summed E-state index contributed by atoms with van der Waals surface area (Å²) in [6.07, 6.45) is 2.86. The molecule has 1 unspecified atom stereocenters. The van der Waals surface area contributed by atoms with Crippen LogP contribution in [0.5, 0.6) is 0 Å². The summed E-state index contributed by atoms with van der Waals surface area (Å²) in [5, 5.41) is 11.3. The van der Waals surface area contributed by atoms with Crippen LogP contribution in [-0.4, -0.2) is 49.0 Å². The van der Waals surface area contributed by atoms with Gasteiger partial charge in [-0.2, -0.15) is 0 Å². The van der Waals surface area contributed by atoms with Gasteiger partial charge in [0.25, 0.3) is 0 Å². The molecule has 1 saturated heterocycles. The molecule has 11 heteroatoms. The summed E-state index contributed by atoms with van der Waals surface area (Å²) in [7, 11) is 0. The number of aliphatic hydroxyl groups is 1. The maximum Gasteiger partial charge on any atom is 0.169 e. The summed E-state index contributed by atoms with van der Waals surface area (Å²) < 4.78 is 18.3. The van der Waals surface area contributed by atoms with E-state index in [1.807, 2.05) is 0 Å². The standard InChI is InChI=1S/C13H15I2N5O4/c1-2-3-13(21)9(24-15)7(4-22-14)23-12(13)20-6-19-8-10(16)17-5-18-11(8)20/h2,5-7,9,12,21H,1,3-4H2,(H2,16,17,18)/t7-,9-,12?,13-/m1/s1. The van der Waals surface area contributed by atoms with E-state index in [1.165, 1.54) is 12.7 Å². The van der Waals surface area contributed by atoms with E-state index in [0.717, 1.165) is 0 Å². The molecule has 0 saturated carbocycles. The minimum Gasteiger partial charge on any atom is -0.382 e. The van der Waals surface area contributed by atoms with Crippen LogP contribution in [0, 0.1) is 0 Å². The van der Waals surface area contributed by atoms with E-state index in [2.05, 4.69) is 21.5 Å². The zero-order valence-corrected chi connectivity index (χ0v) is 16.7. The number of anilines is 1. The number of hydrogen-bond donors (Lipinski definition) is 2. The van der Waals surface area contributed by atoms with Gasteiger partial charge in [0, 0.05) is 6.42 Å². The highest BCUT2D eigenvalue weighted by atomic mass is 127. The molecule has 1 aliphatic heterocycles. The number of ether oxygens (including phenoxy) is 1. The second-order valence-electron chi connectivity index (χ2n) is 5.38. The Bertz CT molecular complexity index is 744. The Hall–Kier alpha value is -0.610. The molecule has 24 heavy (non-hydrogen) atoms. The first kappa shape index (κ1) is 18.2. The first-order valence-electron chi connectivity index (χ1n) is 6.99. The third kappa shape index (κ3) is 2.90. The largest absolute Gasteiger partial charge is 0.382 e. The maximum absolute atomic E-state index is 11.3. The van der Waals surface area contributed by atoms with Crippen molar-refractivity contribution in [2.45, 2.75) is 30.5 Å². The Balaban J connectivity index is 2.09. The van der Waals surface area contributed by atoms with Crippen molar-refractivity contribution in [2.24, 2.45) is 0 Å². The monoisotopic (exact) mass is 559 g/mol. The van der Waals surface area contributed by atoms with Crippen molar-refractivity contribution in [3.8, 4) is 0 Å². The fraction of sp³-hybridized carbons (Fsp3) is 0.462. The molecule has 0 aliphatic carbocycles. The van der Waals surface area contributed by atoms with Crippen molar-refractivity contribution < 1.29 is 16.0 Å². The Morgan fingerprint density at radius 2 is 2.25 bits per heavy atom. The molecule has 4 atom stereocenters. The fourth-order valence-corrected chi connectivity index (χ4v) is 4.06. The fourth-order valence-electron chi connectivity index (χ4n) is 2.94. The van der Waals surface area contributed by atoms with Crippen LogP contribution >= 0.6 is 46.0 Å². The lowest BCUT2D eigenvalue weighted by molar-refractivity contribution is -0.0979. The van der Waals surface area contributed by atoms with Gasteiger partial charge >= 0.3 is 0 Å². The zero-order chi connectivity index (χ0) is 17.3. The highest BCUT2D eigenvalue weighted by Crippen LogP contribution is 2.44. The van der Waals surface area contributed by atoms with Gasteiger partial charge in [0.15, 0.2) is 17.7 Å². The number of hydrogen-bond acceptors (Lipinski definition) is 8. The lowest BCUT2D eigenvalue weighted by Gasteiger charge is -2.31. The minimum absolute atomic E-state index is 0.253. The normalized spacial score (nSPS) is 30.0. The summed E-state index contributed by atoms with van der Waals surface area (Å²) in [6.45, 7) is 3.98. The molecule has 0 bridgehead atoms. The van der Waals surface area contributed by atoms with Gasteiger partial charge in [0.2, 0.25) is 0 Å². The highest BCUT2D eigenvalue weighted by molar-refractivity contribution is 14.1. The second-order valence-corrected chi connectivity index (χ2v) is 6.51. The van der Waals surface area contributed by atoms with Gasteiger partial charge < -0.3 is 21.7 Å². The van der Waals surface area contributed by atoms with Crippen LogP contribution in [0.2, 0.25) is 0 Å². The number of aromatic nitrogens is 4. The number of fused-ring (bicyclic) bond motifs is 1. The second kappa shape index (κ2) is 7.33. The molecule has 3 heterocycles. The summed E-state index contributed by atoms with van der Waals surface area (Å²) in [5.74, 6) is 0.262. The molecular weight excluding hydrogens is 544 g/mol. The van der Waals surface area contributed by atoms with Crippen molar-refractivity contribution in [3.05, 3.63) is 25.3 Å². The van der Waals surface area contributed by atoms with Crippen LogP contribution in [0.15, 0.2) is 25.3 Å². The Kier molecular flexibility index (Phi) is 5.55. The van der Waals surface area contributed by atoms with E-state index in [-0.39, 0.29) is 18.8 Å². The van der Waals surface area contributed by atoms with Crippen LogP contribution in [0.3, 0.4) is 0 Å². The first-order valence-corrected chi connectivity index (χ1v) is 8.75. The van der Waals surface area contributed by atoms with Gasteiger partial charge in [0.1, 0.15) is 75.7 Å². The van der Waals surface area contributed by atoms with Crippen molar-refractivity contribution in [3.63, 3.8) is 0 Å². The Morgan fingerprint density at radius 1 is 1.46 bits per heavy atom. The predicted octanol–water partition coefficient (Wildman–Crippen LogP) is 1.71. The quantitative estimate of drug-likeness (QED) is 0.406. The predicted molar refractivity (Wildman–Crippen MR) is 102 cm³/mol. The molecule has 2 aromatic rings. The van der Waals surface area contributed by atoms with Crippen molar-refractivity contribution in [2.75, 3.05) is 12.3 Å². The van der Waals surface area contributed by atoms with Crippen LogP contribution < -0.4 is 5.73 Å². The summed E-state index contributed by atoms with van der Waals surface area (Å²) in [5.41, 5.74) is 5.38. The van der Waals surface area contributed by atoms with E-state index in [4.69, 9.17) is 16.6 Å². The SMILES string of the molecule is C=CC[C@]1(O)C(n2cnc3c(N)ncnc32)O[C@H](COI)[C@H]1OI. The number of imidazole rings is 1. The molecule has 2 aromatic heterocycles. The topological polar surface area (TPSA) is 118 Å². The van der Waals surface area contributed by atoms with Crippen LogP contribution in [0.4, 0.5) is 5.82 Å². The third-order valence-corrected chi connectivity index (χ3v) is 4.90. The first-order chi connectivity index (χ1) is 11.6. The number of nitrogen functional groups attached to an aromatic ring is 1. The van der Waals surface area contributed by atoms with Gasteiger partial charge in [-0.15, -0.1) is 6.58 Å². The van der Waals surface area contributed by atoms with Crippen LogP contribution in [0.25, 0.3) is 11.2 Å². The molecule has 9 nitrogen and oxygen atoms in total. The summed E-state index contributed by atoms with van der Waals surface area (Å²) in [6, 6.07) is 0. The molecule has 0 spiro atoms. The molecule has 3 N–H and O–H groups in total. The van der Waals surface area contributed by atoms with E-state index in [1.54, 1.807) is 56.7 Å². The lowest BCUT2D eigenvalue weighted by atomic mass is 9.90. The molecular formula is C13H15I2N5O4. The van der Waals surface area contributed by atoms with E-state index >= 15 is 0 Å². The smallest absolute Gasteiger partial charge is 0.169 e. The molecule has 1 aliphatic rings. The van der Waals surface area contributed by atoms with Crippen molar-refractivity contribution >= 4 is 63.0 Å². The van der Waals surface area contributed by atoms with Gasteiger partial charge in [-0.1, -0.05) is 6.08 Å². The molecule has 0 aromatic carbocycles. The lowest BCUT2D eigenvalue weighted by Crippen LogP contribution is -2.47. The summed E-state index contributed by atoms with van der Waals surface area (Å²) >= 11 is 3.54. The third-order valence-electron chi connectivity index (χ3n) is 4.00. The van der Waals surface area contributed by atoms with Gasteiger partial charge in [-0.3, -0.25) is 4.57 Å². The van der Waals surface area contributed by atoms with Gasteiger partial charge in [0.05, 0.1) is 12.9 Å². The van der Waals surface area contributed by atoms with Crippen LogP contribution in [0.1, 0.15) is 12.6 Å². The zero-order valence-electron chi connectivity index (χ0n) is 12.4. The minimum atomic E-state index is -1.36. The number of halogens is 2. The average Bonchev–Trinajstić information content (AvgIpc) is 3.08. The number of rotatable bonds is 6. The number of nitrogens with zero attached hydrogens (tertiary/aromatic N) is 4. The molecule has 0 radical (unpaired) electrons.